The van der Waals surface area contributed by atoms with Crippen molar-refractivity contribution in [2.45, 2.75) is 0 Å². The molecule has 0 radical (unpaired) electrons. The molecule has 2 rings (SSSR count). The molecule has 0 bridgehead atoms. The maximum atomic E-state index is 13.8. The molecule has 0 saturated heterocycles. The summed E-state index contributed by atoms with van der Waals surface area (Å²) in [7, 11) is 1.34. The lowest BCUT2D eigenvalue weighted by Crippen LogP contribution is -2.07. The zero-order chi connectivity index (χ0) is 14.0. The van der Waals surface area contributed by atoms with E-state index in [0.29, 0.717) is 4.47 Å². The molecule has 0 aliphatic carbocycles. The van der Waals surface area contributed by atoms with E-state index >= 15 is 0 Å². The van der Waals surface area contributed by atoms with Gasteiger partial charge in [0.05, 0.1) is 11.6 Å². The number of hydrogen-bond donors (Lipinski definition) is 0. The molecule has 0 atom stereocenters. The van der Waals surface area contributed by atoms with E-state index in [1.54, 1.807) is 0 Å². The quantitative estimate of drug-likeness (QED) is 0.798. The smallest absolute Gasteiger partial charge is 0.199 e. The van der Waals surface area contributed by atoms with Crippen molar-refractivity contribution in [3.05, 3.63) is 63.6 Å². The molecule has 98 valence electrons. The van der Waals surface area contributed by atoms with Crippen molar-refractivity contribution in [1.29, 1.82) is 0 Å². The molecule has 2 aromatic carbocycles. The third-order valence-corrected chi connectivity index (χ3v) is 3.20. The number of ketones is 1. The molecule has 5 heteroatoms. The van der Waals surface area contributed by atoms with Crippen LogP contribution >= 0.6 is 15.9 Å². The average molecular weight is 327 g/mol. The van der Waals surface area contributed by atoms with E-state index < -0.39 is 17.4 Å². The summed E-state index contributed by atoms with van der Waals surface area (Å²) in [4.78, 5) is 12.2. The van der Waals surface area contributed by atoms with Crippen molar-refractivity contribution in [2.75, 3.05) is 7.11 Å². The highest BCUT2D eigenvalue weighted by Gasteiger charge is 2.21. The van der Waals surface area contributed by atoms with Gasteiger partial charge in [0, 0.05) is 5.56 Å². The molecule has 0 aliphatic heterocycles. The number of benzene rings is 2. The maximum Gasteiger partial charge on any atom is 0.199 e. The molecule has 0 fully saturated rings. The van der Waals surface area contributed by atoms with Crippen LogP contribution in [-0.4, -0.2) is 12.9 Å². The number of carbonyl (C=O) groups excluding carboxylic acids is 1. The van der Waals surface area contributed by atoms with Gasteiger partial charge in [0.1, 0.15) is 22.9 Å². The van der Waals surface area contributed by atoms with Gasteiger partial charge in [-0.1, -0.05) is 12.1 Å². The Morgan fingerprint density at radius 2 is 1.95 bits per heavy atom. The van der Waals surface area contributed by atoms with Crippen molar-refractivity contribution in [2.24, 2.45) is 0 Å². The van der Waals surface area contributed by atoms with Crippen LogP contribution in [0.5, 0.6) is 5.75 Å². The Hall–Kier alpha value is -1.75. The van der Waals surface area contributed by atoms with Crippen LogP contribution in [0.15, 0.2) is 40.9 Å². The summed E-state index contributed by atoms with van der Waals surface area (Å²) >= 11 is 3.18. The summed E-state index contributed by atoms with van der Waals surface area (Å²) in [5.74, 6) is -1.81. The first-order chi connectivity index (χ1) is 9.04. The van der Waals surface area contributed by atoms with Gasteiger partial charge in [-0.05, 0) is 40.2 Å². The summed E-state index contributed by atoms with van der Waals surface area (Å²) < 4.78 is 32.4. The van der Waals surface area contributed by atoms with Gasteiger partial charge in [-0.25, -0.2) is 8.78 Å². The monoisotopic (exact) mass is 326 g/mol. The molecule has 2 aromatic rings. The summed E-state index contributed by atoms with van der Waals surface area (Å²) in [6.07, 6.45) is 0. The first kappa shape index (κ1) is 13.7. The lowest BCUT2D eigenvalue weighted by molar-refractivity contribution is 0.103. The number of halogens is 3. The Balaban J connectivity index is 2.59. The Bertz CT molecular complexity index is 641. The highest BCUT2D eigenvalue weighted by atomic mass is 79.9. The molecule has 2 nitrogen and oxygen atoms in total. The Kier molecular flexibility index (Phi) is 3.95. The Morgan fingerprint density at radius 3 is 2.58 bits per heavy atom. The average Bonchev–Trinajstić information content (AvgIpc) is 2.40. The summed E-state index contributed by atoms with van der Waals surface area (Å²) in [5.41, 5.74) is -0.155. The van der Waals surface area contributed by atoms with Crippen molar-refractivity contribution in [1.82, 2.24) is 0 Å². The third kappa shape index (κ3) is 2.66. The van der Waals surface area contributed by atoms with Gasteiger partial charge in [-0.2, -0.15) is 0 Å². The van der Waals surface area contributed by atoms with Crippen LogP contribution < -0.4 is 4.74 Å². The van der Waals surface area contributed by atoms with Crippen LogP contribution in [0.4, 0.5) is 8.78 Å². The Morgan fingerprint density at radius 1 is 1.21 bits per heavy atom. The van der Waals surface area contributed by atoms with Crippen molar-refractivity contribution >= 4 is 21.7 Å². The standard InChI is InChI=1S/C14H9BrF2O2/c1-19-14-10(15)5-6-11(17)12(14)13(18)8-3-2-4-9(16)7-8/h2-7H,1H3. The van der Waals surface area contributed by atoms with E-state index in [9.17, 15) is 13.6 Å². The number of hydrogen-bond acceptors (Lipinski definition) is 2. The fraction of sp³-hybridized carbons (Fsp3) is 0.0714. The van der Waals surface area contributed by atoms with Crippen LogP contribution in [0.25, 0.3) is 0 Å². The zero-order valence-corrected chi connectivity index (χ0v) is 11.5. The minimum atomic E-state index is -0.714. The number of rotatable bonds is 3. The molecule has 0 aliphatic rings. The minimum Gasteiger partial charge on any atom is -0.495 e. The SMILES string of the molecule is COc1c(Br)ccc(F)c1C(=O)c1cccc(F)c1. The van der Waals surface area contributed by atoms with Crippen LogP contribution in [0.1, 0.15) is 15.9 Å². The van der Waals surface area contributed by atoms with Gasteiger partial charge >= 0.3 is 0 Å². The van der Waals surface area contributed by atoms with Gasteiger partial charge in [-0.3, -0.25) is 4.79 Å². The first-order valence-corrected chi connectivity index (χ1v) is 6.16. The summed E-state index contributed by atoms with van der Waals surface area (Å²) in [6, 6.07) is 7.68. The molecule has 0 amide bonds. The van der Waals surface area contributed by atoms with E-state index in [4.69, 9.17) is 4.74 Å². The zero-order valence-electron chi connectivity index (χ0n) is 9.91. The topological polar surface area (TPSA) is 26.3 Å². The second kappa shape index (κ2) is 5.48. The van der Waals surface area contributed by atoms with Crippen LogP contribution in [-0.2, 0) is 0 Å². The molecular formula is C14H9BrF2O2. The van der Waals surface area contributed by atoms with Crippen molar-refractivity contribution in [3.63, 3.8) is 0 Å². The second-order valence-corrected chi connectivity index (χ2v) is 4.63. The number of ether oxygens (including phenoxy) is 1. The maximum absolute atomic E-state index is 13.8. The van der Waals surface area contributed by atoms with E-state index in [2.05, 4.69) is 15.9 Å². The fourth-order valence-electron chi connectivity index (χ4n) is 1.72. The van der Waals surface area contributed by atoms with Crippen LogP contribution in [0.2, 0.25) is 0 Å². The molecule has 19 heavy (non-hydrogen) atoms. The second-order valence-electron chi connectivity index (χ2n) is 3.78. The van der Waals surface area contributed by atoms with Gasteiger partial charge in [0.2, 0.25) is 0 Å². The lowest BCUT2D eigenvalue weighted by atomic mass is 10.0. The molecular weight excluding hydrogens is 318 g/mol. The molecule has 0 N–H and O–H groups in total. The molecule has 0 spiro atoms. The van der Waals surface area contributed by atoms with Gasteiger partial charge in [0.25, 0.3) is 0 Å². The molecule has 0 saturated carbocycles. The van der Waals surface area contributed by atoms with Gasteiger partial charge in [-0.15, -0.1) is 0 Å². The van der Waals surface area contributed by atoms with Crippen LogP contribution in [0.3, 0.4) is 0 Å². The third-order valence-electron chi connectivity index (χ3n) is 2.58. The van der Waals surface area contributed by atoms with Gasteiger partial charge in [0.15, 0.2) is 5.78 Å². The summed E-state index contributed by atoms with van der Waals surface area (Å²) in [5, 5.41) is 0. The largest absolute Gasteiger partial charge is 0.495 e. The number of carbonyl (C=O) groups is 1. The fourth-order valence-corrected chi connectivity index (χ4v) is 2.21. The van der Waals surface area contributed by atoms with Crippen molar-refractivity contribution < 1.29 is 18.3 Å². The predicted molar refractivity (Wildman–Crippen MR) is 70.5 cm³/mol. The Labute approximate surface area is 117 Å². The lowest BCUT2D eigenvalue weighted by Gasteiger charge is -2.10. The van der Waals surface area contributed by atoms with Crippen LogP contribution in [0, 0.1) is 11.6 Å². The van der Waals surface area contributed by atoms with E-state index in [1.807, 2.05) is 0 Å². The normalized spacial score (nSPS) is 10.3. The van der Waals surface area contributed by atoms with E-state index in [1.165, 1.54) is 31.4 Å². The first-order valence-electron chi connectivity index (χ1n) is 5.37. The molecule has 0 aromatic heterocycles. The predicted octanol–water partition coefficient (Wildman–Crippen LogP) is 3.97. The minimum absolute atomic E-state index is 0.0651. The van der Waals surface area contributed by atoms with Crippen molar-refractivity contribution in [3.8, 4) is 5.75 Å². The highest BCUT2D eigenvalue weighted by molar-refractivity contribution is 9.10. The molecule has 0 unspecified atom stereocenters. The van der Waals surface area contributed by atoms with E-state index in [0.717, 1.165) is 12.1 Å². The molecule has 0 heterocycles. The van der Waals surface area contributed by atoms with E-state index in [-0.39, 0.29) is 16.9 Å². The summed E-state index contributed by atoms with van der Waals surface area (Å²) in [6.45, 7) is 0. The number of methoxy groups -OCH3 is 1. The van der Waals surface area contributed by atoms with Gasteiger partial charge < -0.3 is 4.74 Å². The highest BCUT2D eigenvalue weighted by Crippen LogP contribution is 2.32.